The fraction of sp³-hybridized carbons (Fsp3) is 0.750. The second kappa shape index (κ2) is 8.98. The van der Waals surface area contributed by atoms with Gasteiger partial charge in [0, 0.05) is 5.88 Å². The molecule has 0 aliphatic carbocycles. The highest BCUT2D eigenvalue weighted by Gasteiger charge is 1.70. The van der Waals surface area contributed by atoms with Gasteiger partial charge in [-0.15, -0.1) is 11.6 Å². The molecule has 0 saturated carbocycles. The third kappa shape index (κ3) is 8.87. The van der Waals surface area contributed by atoms with Crippen LogP contribution in [0.4, 0.5) is 0 Å². The zero-order valence-electron chi connectivity index (χ0n) is 3.91. The molecule has 3 N–H and O–H groups in total. The van der Waals surface area contributed by atoms with Crippen molar-refractivity contribution in [3.63, 3.8) is 0 Å². The van der Waals surface area contributed by atoms with Crippen LogP contribution in [0.25, 0.3) is 0 Å². The van der Waals surface area contributed by atoms with Crippen LogP contribution in [0, 0.1) is 6.92 Å². The van der Waals surface area contributed by atoms with E-state index in [-0.39, 0.29) is 6.15 Å². The van der Waals surface area contributed by atoms with Crippen LogP contribution in [0.2, 0.25) is 0 Å². The summed E-state index contributed by atoms with van der Waals surface area (Å²) in [7, 11) is 0. The lowest BCUT2D eigenvalue weighted by Crippen LogP contribution is -1.65. The number of rotatable bonds is 2. The molecular weight excluding hydrogens is 97.5 g/mol. The molecule has 0 unspecified atom stereocenters. The molecule has 0 aliphatic heterocycles. The van der Waals surface area contributed by atoms with Crippen LogP contribution in [-0.4, -0.2) is 5.88 Å². The van der Waals surface area contributed by atoms with Crippen LogP contribution in [0.3, 0.4) is 0 Å². The van der Waals surface area contributed by atoms with Gasteiger partial charge in [-0.1, -0.05) is 13.3 Å². The van der Waals surface area contributed by atoms with Crippen molar-refractivity contribution in [3.8, 4) is 0 Å². The van der Waals surface area contributed by atoms with Crippen molar-refractivity contribution in [2.24, 2.45) is 0 Å². The van der Waals surface area contributed by atoms with E-state index in [1.807, 2.05) is 0 Å². The molecule has 0 spiro atoms. The second-order valence-electron chi connectivity index (χ2n) is 0.896. The molecule has 1 radical (unpaired) electrons. The van der Waals surface area contributed by atoms with Gasteiger partial charge in [0.05, 0.1) is 0 Å². The smallest absolute Gasteiger partial charge is 0.0223 e. The molecule has 1 nitrogen and oxygen atoms in total. The van der Waals surface area contributed by atoms with Crippen molar-refractivity contribution in [3.05, 3.63) is 6.92 Å². The Morgan fingerprint density at radius 3 is 2.00 bits per heavy atom. The summed E-state index contributed by atoms with van der Waals surface area (Å²) in [6.07, 6.45) is 2.01. The highest BCUT2D eigenvalue weighted by Crippen LogP contribution is 1.86. The Morgan fingerprint density at radius 2 is 2.00 bits per heavy atom. The van der Waals surface area contributed by atoms with Crippen LogP contribution in [0.5, 0.6) is 0 Å². The van der Waals surface area contributed by atoms with Crippen molar-refractivity contribution in [1.29, 1.82) is 0 Å². The summed E-state index contributed by atoms with van der Waals surface area (Å²) < 4.78 is 0. The molecule has 0 amide bonds. The van der Waals surface area contributed by atoms with Gasteiger partial charge in [0.2, 0.25) is 0 Å². The Bertz CT molecular complexity index is 15.0. The maximum Gasteiger partial charge on any atom is 0.0223 e. The van der Waals surface area contributed by atoms with Crippen LogP contribution in [0.15, 0.2) is 0 Å². The number of alkyl halides is 1. The number of hydrogen-bond donors (Lipinski definition) is 1. The monoisotopic (exact) mass is 108 g/mol. The zero-order valence-corrected chi connectivity index (χ0v) is 4.67. The van der Waals surface area contributed by atoms with Crippen molar-refractivity contribution in [1.82, 2.24) is 6.15 Å². The highest BCUT2D eigenvalue weighted by atomic mass is 35.5. The van der Waals surface area contributed by atoms with Gasteiger partial charge in [-0.05, 0) is 6.42 Å². The molecular formula is C4H11ClN. The molecule has 0 heterocycles. The lowest BCUT2D eigenvalue weighted by Gasteiger charge is -1.77. The minimum Gasteiger partial charge on any atom is -0.344 e. The number of halogens is 1. The maximum atomic E-state index is 5.26. The molecule has 0 aromatic rings. The molecule has 2 heteroatoms. The lowest BCUT2D eigenvalue weighted by molar-refractivity contribution is 0.964. The van der Waals surface area contributed by atoms with E-state index in [2.05, 4.69) is 6.92 Å². The Hall–Kier alpha value is 0.250. The molecule has 0 atom stereocenters. The van der Waals surface area contributed by atoms with Gasteiger partial charge in [0.25, 0.3) is 0 Å². The standard InChI is InChI=1S/C4H8Cl.H3N/c1-2-3-4-5;/h1-4H2;1H3. The molecule has 39 valence electrons. The highest BCUT2D eigenvalue weighted by molar-refractivity contribution is 6.17. The van der Waals surface area contributed by atoms with Gasteiger partial charge in [0.15, 0.2) is 0 Å². The van der Waals surface area contributed by atoms with E-state index < -0.39 is 0 Å². The minimum absolute atomic E-state index is 0. The summed E-state index contributed by atoms with van der Waals surface area (Å²) in [5.74, 6) is 0.753. The lowest BCUT2D eigenvalue weighted by atomic mass is 10.4. The van der Waals surface area contributed by atoms with Crippen LogP contribution in [0.1, 0.15) is 12.8 Å². The Balaban J connectivity index is 0. The van der Waals surface area contributed by atoms with Crippen molar-refractivity contribution >= 4 is 11.6 Å². The van der Waals surface area contributed by atoms with E-state index in [1.165, 1.54) is 0 Å². The number of unbranched alkanes of at least 4 members (excludes halogenated alkanes) is 1. The third-order valence-electron chi connectivity index (χ3n) is 0.384. The molecule has 0 bridgehead atoms. The SMILES string of the molecule is N.[CH2]CCCCl. The summed E-state index contributed by atoms with van der Waals surface area (Å²) in [5.41, 5.74) is 0. The first-order valence-corrected chi connectivity index (χ1v) is 2.30. The Morgan fingerprint density at radius 1 is 1.50 bits per heavy atom. The Kier molecular flexibility index (Phi) is 14.3. The van der Waals surface area contributed by atoms with Crippen molar-refractivity contribution < 1.29 is 0 Å². The topological polar surface area (TPSA) is 35.0 Å². The van der Waals surface area contributed by atoms with Crippen molar-refractivity contribution in [2.45, 2.75) is 12.8 Å². The summed E-state index contributed by atoms with van der Waals surface area (Å²) in [5, 5.41) is 0. The normalized spacial score (nSPS) is 7.00. The number of hydrogen-bond acceptors (Lipinski definition) is 1. The van der Waals surface area contributed by atoms with Crippen LogP contribution in [-0.2, 0) is 0 Å². The fourth-order valence-electron chi connectivity index (χ4n) is 0.0945. The van der Waals surface area contributed by atoms with Crippen LogP contribution < -0.4 is 6.15 Å². The van der Waals surface area contributed by atoms with E-state index in [0.717, 1.165) is 18.7 Å². The molecule has 0 aliphatic rings. The van der Waals surface area contributed by atoms with Gasteiger partial charge in [-0.3, -0.25) is 0 Å². The van der Waals surface area contributed by atoms with E-state index in [4.69, 9.17) is 11.6 Å². The van der Waals surface area contributed by atoms with Gasteiger partial charge in [-0.2, -0.15) is 0 Å². The molecule has 0 aromatic carbocycles. The largest absolute Gasteiger partial charge is 0.344 e. The molecule has 0 aromatic heterocycles. The van der Waals surface area contributed by atoms with E-state index in [0.29, 0.717) is 0 Å². The second-order valence-corrected chi connectivity index (χ2v) is 1.27. The maximum absolute atomic E-state index is 5.26. The van der Waals surface area contributed by atoms with E-state index in [9.17, 15) is 0 Å². The third-order valence-corrected chi connectivity index (χ3v) is 0.651. The predicted octanol–water partition coefficient (Wildman–Crippen LogP) is 2.00. The summed E-state index contributed by atoms with van der Waals surface area (Å²) in [4.78, 5) is 0. The van der Waals surface area contributed by atoms with E-state index >= 15 is 0 Å². The molecule has 0 rings (SSSR count). The summed E-state index contributed by atoms with van der Waals surface area (Å²) in [6, 6.07) is 0. The Labute approximate surface area is 44.3 Å². The van der Waals surface area contributed by atoms with Gasteiger partial charge >= 0.3 is 0 Å². The van der Waals surface area contributed by atoms with Gasteiger partial charge < -0.3 is 6.15 Å². The first-order chi connectivity index (χ1) is 2.41. The minimum atomic E-state index is 0. The molecule has 6 heavy (non-hydrogen) atoms. The fourth-order valence-corrected chi connectivity index (χ4v) is 0.283. The van der Waals surface area contributed by atoms with Crippen molar-refractivity contribution in [2.75, 3.05) is 5.88 Å². The van der Waals surface area contributed by atoms with E-state index in [1.54, 1.807) is 0 Å². The average molecular weight is 109 g/mol. The first kappa shape index (κ1) is 9.54. The predicted molar refractivity (Wildman–Crippen MR) is 30.3 cm³/mol. The summed E-state index contributed by atoms with van der Waals surface area (Å²) >= 11 is 5.26. The molecule has 0 fully saturated rings. The zero-order chi connectivity index (χ0) is 4.12. The summed E-state index contributed by atoms with van der Waals surface area (Å²) in [6.45, 7) is 3.59. The molecule has 0 saturated heterocycles. The van der Waals surface area contributed by atoms with Crippen LogP contribution >= 0.6 is 11.6 Å². The quantitative estimate of drug-likeness (QED) is 0.540. The average Bonchev–Trinajstić information content (AvgIpc) is 1.41. The van der Waals surface area contributed by atoms with Gasteiger partial charge in [0.1, 0.15) is 0 Å². The van der Waals surface area contributed by atoms with Gasteiger partial charge in [-0.25, -0.2) is 0 Å². The first-order valence-electron chi connectivity index (χ1n) is 1.77.